The maximum Gasteiger partial charge on any atom is 0.416 e. The van der Waals surface area contributed by atoms with Gasteiger partial charge in [0.2, 0.25) is 10.0 Å². The Labute approximate surface area is 179 Å². The first-order valence-electron chi connectivity index (χ1n) is 8.77. The molecule has 1 amide bonds. The van der Waals surface area contributed by atoms with Crippen LogP contribution < -0.4 is 10.1 Å². The van der Waals surface area contributed by atoms with Crippen LogP contribution in [-0.4, -0.2) is 39.3 Å². The van der Waals surface area contributed by atoms with Crippen LogP contribution in [0.15, 0.2) is 41.3 Å². The van der Waals surface area contributed by atoms with Gasteiger partial charge in [0.05, 0.1) is 16.0 Å². The molecule has 0 aromatic heterocycles. The number of carbonyl (C=O) groups is 1. The molecule has 2 aromatic rings. The number of aryl methyl sites for hydroxylation is 1. The second-order valence-corrected chi connectivity index (χ2v) is 8.97. The average molecular weight is 484 g/mol. The summed E-state index contributed by atoms with van der Waals surface area (Å²) >= 11 is 0. The van der Waals surface area contributed by atoms with Crippen LogP contribution in [-0.2, 0) is 27.2 Å². The van der Waals surface area contributed by atoms with E-state index in [2.05, 4.69) is 5.32 Å². The Morgan fingerprint density at radius 2 is 1.50 bits per heavy atom. The van der Waals surface area contributed by atoms with Crippen molar-refractivity contribution in [2.75, 3.05) is 26.0 Å². The lowest BCUT2D eigenvalue weighted by Gasteiger charge is -2.16. The summed E-state index contributed by atoms with van der Waals surface area (Å²) in [6, 6.07) is 4.61. The number of anilines is 1. The number of amides is 1. The quantitative estimate of drug-likeness (QED) is 0.621. The second kappa shape index (κ2) is 8.98. The van der Waals surface area contributed by atoms with Crippen molar-refractivity contribution in [1.82, 2.24) is 4.31 Å². The second-order valence-electron chi connectivity index (χ2n) is 6.85. The van der Waals surface area contributed by atoms with Crippen LogP contribution in [0, 0.1) is 6.92 Å². The Morgan fingerprint density at radius 3 is 1.97 bits per heavy atom. The zero-order chi connectivity index (χ0) is 24.5. The van der Waals surface area contributed by atoms with Crippen LogP contribution in [0.4, 0.5) is 32.0 Å². The number of hydrogen-bond donors (Lipinski definition) is 1. The lowest BCUT2D eigenvalue weighted by atomic mass is 10.1. The van der Waals surface area contributed by atoms with Gasteiger partial charge in [0.1, 0.15) is 5.75 Å². The van der Waals surface area contributed by atoms with Crippen molar-refractivity contribution in [1.29, 1.82) is 0 Å². The molecule has 0 bridgehead atoms. The molecular weight excluding hydrogens is 466 g/mol. The highest BCUT2D eigenvalue weighted by Crippen LogP contribution is 2.38. The molecule has 2 rings (SSSR count). The van der Waals surface area contributed by atoms with E-state index in [9.17, 15) is 39.6 Å². The third-order valence-electron chi connectivity index (χ3n) is 4.16. The number of sulfonamides is 1. The van der Waals surface area contributed by atoms with Gasteiger partial charge in [-0.2, -0.15) is 26.3 Å². The molecule has 0 fully saturated rings. The van der Waals surface area contributed by atoms with Gasteiger partial charge in [0.25, 0.3) is 5.91 Å². The smallest absolute Gasteiger partial charge is 0.416 e. The first-order valence-corrected chi connectivity index (χ1v) is 10.2. The molecule has 1 N–H and O–H groups in total. The third kappa shape index (κ3) is 6.13. The van der Waals surface area contributed by atoms with Crippen molar-refractivity contribution >= 4 is 21.6 Å². The zero-order valence-corrected chi connectivity index (χ0v) is 17.7. The molecule has 0 heterocycles. The summed E-state index contributed by atoms with van der Waals surface area (Å²) in [4.78, 5) is 12.0. The molecule has 2 aromatic carbocycles. The maximum absolute atomic E-state index is 12.9. The molecule has 0 saturated heterocycles. The van der Waals surface area contributed by atoms with E-state index in [1.807, 2.05) is 0 Å². The molecule has 0 unspecified atom stereocenters. The molecule has 6 nitrogen and oxygen atoms in total. The zero-order valence-electron chi connectivity index (χ0n) is 16.9. The minimum absolute atomic E-state index is 0.0460. The van der Waals surface area contributed by atoms with Crippen LogP contribution in [0.2, 0.25) is 0 Å². The van der Waals surface area contributed by atoms with Crippen LogP contribution in [0.3, 0.4) is 0 Å². The number of nitrogens with zero attached hydrogens (tertiary/aromatic N) is 1. The van der Waals surface area contributed by atoms with E-state index in [1.165, 1.54) is 39.2 Å². The number of ether oxygens (including phenoxy) is 1. The predicted octanol–water partition coefficient (Wildman–Crippen LogP) is 4.30. The van der Waals surface area contributed by atoms with Gasteiger partial charge < -0.3 is 10.1 Å². The molecule has 0 radical (unpaired) electrons. The highest BCUT2D eigenvalue weighted by atomic mass is 32.2. The van der Waals surface area contributed by atoms with Gasteiger partial charge in [-0.1, -0.05) is 6.07 Å². The summed E-state index contributed by atoms with van der Waals surface area (Å²) in [6.07, 6.45) is -10.1. The lowest BCUT2D eigenvalue weighted by Crippen LogP contribution is -2.24. The van der Waals surface area contributed by atoms with Gasteiger partial charge in [-0.15, -0.1) is 0 Å². The lowest BCUT2D eigenvalue weighted by molar-refractivity contribution is -0.143. The summed E-state index contributed by atoms with van der Waals surface area (Å²) < 4.78 is 108. The van der Waals surface area contributed by atoms with Crippen molar-refractivity contribution in [3.05, 3.63) is 53.1 Å². The molecule has 0 aliphatic carbocycles. The van der Waals surface area contributed by atoms with E-state index in [4.69, 9.17) is 4.74 Å². The first kappa shape index (κ1) is 25.5. The Hall–Kier alpha value is -2.80. The Kier molecular flexibility index (Phi) is 7.15. The van der Waals surface area contributed by atoms with E-state index < -0.39 is 51.8 Å². The summed E-state index contributed by atoms with van der Waals surface area (Å²) in [5.74, 6) is -1.73. The minimum Gasteiger partial charge on any atom is -0.484 e. The summed E-state index contributed by atoms with van der Waals surface area (Å²) in [7, 11) is -1.19. The van der Waals surface area contributed by atoms with E-state index in [0.717, 1.165) is 4.31 Å². The molecule has 0 aliphatic heterocycles. The van der Waals surface area contributed by atoms with Gasteiger partial charge in [0.15, 0.2) is 6.61 Å². The SMILES string of the molecule is Cc1ccc(NC(=O)COc2cc(C(F)(F)F)cc(C(F)(F)F)c2)cc1S(=O)(=O)N(C)C. The number of carbonyl (C=O) groups excluding carboxylic acids is 1. The van der Waals surface area contributed by atoms with E-state index in [-0.39, 0.29) is 16.6 Å². The van der Waals surface area contributed by atoms with Gasteiger partial charge >= 0.3 is 12.4 Å². The fourth-order valence-corrected chi connectivity index (χ4v) is 3.65. The first-order chi connectivity index (χ1) is 14.5. The fourth-order valence-electron chi connectivity index (χ4n) is 2.51. The topological polar surface area (TPSA) is 75.7 Å². The predicted molar refractivity (Wildman–Crippen MR) is 103 cm³/mol. The number of rotatable bonds is 6. The van der Waals surface area contributed by atoms with E-state index in [1.54, 1.807) is 0 Å². The summed E-state index contributed by atoms with van der Waals surface area (Å²) in [6.45, 7) is 0.624. The van der Waals surface area contributed by atoms with Gasteiger partial charge in [0, 0.05) is 19.8 Å². The average Bonchev–Trinajstić information content (AvgIpc) is 2.66. The summed E-state index contributed by atoms with van der Waals surface area (Å²) in [5, 5.41) is 2.29. The van der Waals surface area contributed by atoms with Crippen LogP contribution in [0.25, 0.3) is 0 Å². The molecule has 13 heteroatoms. The van der Waals surface area contributed by atoms with E-state index >= 15 is 0 Å². The van der Waals surface area contributed by atoms with Gasteiger partial charge in [-0.3, -0.25) is 4.79 Å². The summed E-state index contributed by atoms with van der Waals surface area (Å²) in [5.41, 5.74) is -2.72. The number of hydrogen-bond acceptors (Lipinski definition) is 4. The van der Waals surface area contributed by atoms with Crippen molar-refractivity contribution in [2.45, 2.75) is 24.2 Å². The van der Waals surface area contributed by atoms with Crippen molar-refractivity contribution in [3.8, 4) is 5.75 Å². The Balaban J connectivity index is 2.21. The van der Waals surface area contributed by atoms with Gasteiger partial charge in [-0.25, -0.2) is 12.7 Å². The van der Waals surface area contributed by atoms with E-state index in [0.29, 0.717) is 17.7 Å². The maximum atomic E-state index is 12.9. The van der Waals surface area contributed by atoms with Crippen LogP contribution >= 0.6 is 0 Å². The van der Waals surface area contributed by atoms with Crippen molar-refractivity contribution in [2.24, 2.45) is 0 Å². The molecule has 0 saturated carbocycles. The van der Waals surface area contributed by atoms with Crippen LogP contribution in [0.1, 0.15) is 16.7 Å². The molecular formula is C19H18F6N2O4S. The number of alkyl halides is 6. The minimum atomic E-state index is -5.06. The Morgan fingerprint density at radius 1 is 0.969 bits per heavy atom. The third-order valence-corrected chi connectivity index (χ3v) is 6.12. The standard InChI is InChI=1S/C19H18F6N2O4S/c1-11-4-5-14(9-16(11)32(29,30)27(2)3)26-17(28)10-31-15-7-12(18(20,21)22)6-13(8-15)19(23,24)25/h4-9H,10H2,1-3H3,(H,26,28). The largest absolute Gasteiger partial charge is 0.484 e. The van der Waals surface area contributed by atoms with Crippen LogP contribution in [0.5, 0.6) is 5.75 Å². The normalized spacial score (nSPS) is 12.7. The molecule has 0 atom stereocenters. The monoisotopic (exact) mass is 484 g/mol. The Bertz CT molecular complexity index is 1080. The number of halogens is 6. The molecule has 32 heavy (non-hydrogen) atoms. The van der Waals surface area contributed by atoms with Crippen molar-refractivity contribution < 1.29 is 44.3 Å². The highest BCUT2D eigenvalue weighted by Gasteiger charge is 2.37. The highest BCUT2D eigenvalue weighted by molar-refractivity contribution is 7.89. The molecule has 0 aliphatic rings. The molecule has 0 spiro atoms. The number of nitrogens with one attached hydrogen (secondary N) is 1. The van der Waals surface area contributed by atoms with Crippen molar-refractivity contribution in [3.63, 3.8) is 0 Å². The number of benzene rings is 2. The fraction of sp³-hybridized carbons (Fsp3) is 0.316. The van der Waals surface area contributed by atoms with Gasteiger partial charge in [-0.05, 0) is 42.8 Å². The molecule has 176 valence electrons.